The molecule has 2 aliphatic rings. The number of phenolic OH excluding ortho intramolecular Hbond substituents is 1. The van der Waals surface area contributed by atoms with Gasteiger partial charge in [0.15, 0.2) is 17.3 Å². The van der Waals surface area contributed by atoms with Gasteiger partial charge in [0.1, 0.15) is 16.4 Å². The van der Waals surface area contributed by atoms with Crippen molar-refractivity contribution < 1.29 is 32.5 Å². The summed E-state index contributed by atoms with van der Waals surface area (Å²) in [6.07, 6.45) is 1.56. The first-order valence-electron chi connectivity index (χ1n) is 11.0. The lowest BCUT2D eigenvalue weighted by Crippen LogP contribution is -2.41. The van der Waals surface area contributed by atoms with Crippen LogP contribution in [0.15, 0.2) is 44.7 Å². The van der Waals surface area contributed by atoms with Gasteiger partial charge >= 0.3 is 0 Å². The van der Waals surface area contributed by atoms with E-state index in [0.29, 0.717) is 48.9 Å². The summed E-state index contributed by atoms with van der Waals surface area (Å²) < 4.78 is 51.3. The predicted octanol–water partition coefficient (Wildman–Crippen LogP) is 1.96. The first-order chi connectivity index (χ1) is 16.9. The third-order valence-electron chi connectivity index (χ3n) is 5.72. The molecule has 13 heteroatoms. The number of amidine groups is 1. The van der Waals surface area contributed by atoms with E-state index in [9.17, 15) is 13.5 Å². The number of fused-ring (bicyclic) bond motifs is 1. The number of nitrogens with zero attached hydrogens (tertiary/aromatic N) is 4. The highest BCUT2D eigenvalue weighted by Crippen LogP contribution is 2.39. The largest absolute Gasteiger partial charge is 0.504 e. The number of hydrazone groups is 1. The molecule has 0 radical (unpaired) electrons. The van der Waals surface area contributed by atoms with Gasteiger partial charge < -0.3 is 24.1 Å². The van der Waals surface area contributed by atoms with Gasteiger partial charge in [0.2, 0.25) is 0 Å². The van der Waals surface area contributed by atoms with E-state index >= 15 is 0 Å². The van der Waals surface area contributed by atoms with E-state index in [1.807, 2.05) is 0 Å². The highest BCUT2D eigenvalue weighted by atomic mass is 35.5. The Hall–Kier alpha value is -3.06. The lowest BCUT2D eigenvalue weighted by molar-refractivity contribution is 0.0360. The maximum Gasteiger partial charge on any atom is 0.288 e. The number of halogens is 1. The third kappa shape index (κ3) is 5.84. The number of methoxy groups -OCH3 is 3. The lowest BCUT2D eigenvalue weighted by atomic mass is 10.1. The molecule has 11 nitrogen and oxygen atoms in total. The fourth-order valence-electron chi connectivity index (χ4n) is 3.86. The van der Waals surface area contributed by atoms with Crippen molar-refractivity contribution in [2.24, 2.45) is 9.50 Å². The Kier molecular flexibility index (Phi) is 9.01. The summed E-state index contributed by atoms with van der Waals surface area (Å²) in [6.45, 7) is 3.83. The summed E-state index contributed by atoms with van der Waals surface area (Å²) in [6, 6.07) is 7.93. The molecule has 2 aromatic rings. The molecule has 2 aliphatic heterocycles. The van der Waals surface area contributed by atoms with Crippen LogP contribution in [0.1, 0.15) is 11.1 Å². The zero-order valence-electron chi connectivity index (χ0n) is 20.2. The molecule has 0 atom stereocenters. The Labute approximate surface area is 216 Å². The number of hydrogen-bond acceptors (Lipinski definition) is 10. The fourth-order valence-corrected chi connectivity index (χ4v) is 5.20. The predicted molar refractivity (Wildman–Crippen MR) is 137 cm³/mol. The molecule has 1 fully saturated rings. The molecule has 36 heavy (non-hydrogen) atoms. The van der Waals surface area contributed by atoms with Crippen LogP contribution in [0, 0.1) is 0 Å². The first kappa shape index (κ1) is 27.5. The molecule has 0 bridgehead atoms. The van der Waals surface area contributed by atoms with Gasteiger partial charge in [-0.25, -0.2) is 5.01 Å². The number of hydrogen-bond donors (Lipinski definition) is 1. The molecule has 0 spiro atoms. The zero-order valence-corrected chi connectivity index (χ0v) is 21.8. The average Bonchev–Trinajstić information content (AvgIpc) is 3.15. The van der Waals surface area contributed by atoms with Crippen LogP contribution in [0.4, 0.5) is 0 Å². The number of phenols is 1. The monoisotopic (exact) mass is 540 g/mol. The maximum absolute atomic E-state index is 13.0. The standard InChI is InChI=1S/C23H28N4O7S.ClH/c1-31-17-13-18-22(21(14-17)33-3)35(29,30)25-23(18)27(7-6-26-8-10-34-11-9-26)24-15-16-4-5-19(28)20(12-16)32-2;/h4-5,12-15,28H,6-11H2,1-3H3;1H/b24-15+;. The first-order valence-corrected chi connectivity index (χ1v) is 12.4. The Morgan fingerprint density at radius 1 is 1.11 bits per heavy atom. The van der Waals surface area contributed by atoms with Gasteiger partial charge in [0.05, 0.1) is 47.3 Å². The van der Waals surface area contributed by atoms with E-state index in [0.717, 1.165) is 13.1 Å². The van der Waals surface area contributed by atoms with Crippen molar-refractivity contribution in [2.45, 2.75) is 4.90 Å². The molecule has 0 amide bonds. The van der Waals surface area contributed by atoms with E-state index in [-0.39, 0.29) is 34.6 Å². The number of ether oxygens (including phenoxy) is 4. The smallest absolute Gasteiger partial charge is 0.288 e. The van der Waals surface area contributed by atoms with Crippen LogP contribution in [0.5, 0.6) is 23.0 Å². The van der Waals surface area contributed by atoms with E-state index in [4.69, 9.17) is 18.9 Å². The SMILES string of the molecule is COc1cc(OC)c2c(c1)C(N(CCN1CCOCC1)/N=C/c1ccc(O)c(OC)c1)=NS2(=O)=O.Cl. The Morgan fingerprint density at radius 2 is 1.83 bits per heavy atom. The van der Waals surface area contributed by atoms with Crippen molar-refractivity contribution in [2.75, 3.05) is 60.7 Å². The molecule has 196 valence electrons. The summed E-state index contributed by atoms with van der Waals surface area (Å²) in [5.74, 6) is 1.07. The molecule has 0 aromatic heterocycles. The van der Waals surface area contributed by atoms with Crippen molar-refractivity contribution in [3.05, 3.63) is 41.5 Å². The molecule has 2 heterocycles. The summed E-state index contributed by atoms with van der Waals surface area (Å²) >= 11 is 0. The highest BCUT2D eigenvalue weighted by molar-refractivity contribution is 7.90. The minimum Gasteiger partial charge on any atom is -0.504 e. The number of morpholine rings is 1. The summed E-state index contributed by atoms with van der Waals surface area (Å²) in [5, 5.41) is 16.0. The summed E-state index contributed by atoms with van der Waals surface area (Å²) in [7, 11) is 0.346. The molecule has 0 aliphatic carbocycles. The van der Waals surface area contributed by atoms with Crippen molar-refractivity contribution in [1.82, 2.24) is 9.91 Å². The van der Waals surface area contributed by atoms with Crippen LogP contribution in [-0.4, -0.2) is 96.2 Å². The summed E-state index contributed by atoms with van der Waals surface area (Å²) in [4.78, 5) is 2.20. The van der Waals surface area contributed by atoms with Gasteiger partial charge in [-0.15, -0.1) is 16.8 Å². The van der Waals surface area contributed by atoms with Crippen molar-refractivity contribution in [1.29, 1.82) is 0 Å². The van der Waals surface area contributed by atoms with Crippen molar-refractivity contribution in [3.63, 3.8) is 0 Å². The lowest BCUT2D eigenvalue weighted by Gasteiger charge is -2.28. The van der Waals surface area contributed by atoms with Crippen LogP contribution in [-0.2, 0) is 14.8 Å². The van der Waals surface area contributed by atoms with Gasteiger partial charge in [-0.05, 0) is 29.8 Å². The summed E-state index contributed by atoms with van der Waals surface area (Å²) in [5.41, 5.74) is 1.00. The van der Waals surface area contributed by atoms with Crippen LogP contribution >= 0.6 is 12.4 Å². The fraction of sp³-hybridized carbons (Fsp3) is 0.391. The second kappa shape index (κ2) is 11.8. The molecule has 0 saturated carbocycles. The van der Waals surface area contributed by atoms with Gasteiger partial charge in [-0.1, -0.05) is 0 Å². The third-order valence-corrected chi connectivity index (χ3v) is 7.07. The average molecular weight is 541 g/mol. The van der Waals surface area contributed by atoms with E-state index in [1.165, 1.54) is 33.5 Å². The second-order valence-corrected chi connectivity index (χ2v) is 9.39. The highest BCUT2D eigenvalue weighted by Gasteiger charge is 2.36. The number of benzene rings is 2. The maximum atomic E-state index is 13.0. The number of aromatic hydroxyl groups is 1. The minimum absolute atomic E-state index is 0. The molecular formula is C23H29ClN4O7S. The minimum atomic E-state index is -4.00. The van der Waals surface area contributed by atoms with Crippen molar-refractivity contribution >= 4 is 34.5 Å². The topological polar surface area (TPSA) is 122 Å². The van der Waals surface area contributed by atoms with E-state index in [2.05, 4.69) is 14.4 Å². The van der Waals surface area contributed by atoms with Crippen LogP contribution in [0.3, 0.4) is 0 Å². The van der Waals surface area contributed by atoms with Crippen LogP contribution in [0.2, 0.25) is 0 Å². The normalized spacial score (nSPS) is 16.7. The number of sulfonamides is 1. The van der Waals surface area contributed by atoms with Crippen LogP contribution in [0.25, 0.3) is 0 Å². The van der Waals surface area contributed by atoms with E-state index < -0.39 is 10.0 Å². The van der Waals surface area contributed by atoms with Gasteiger partial charge in [0, 0.05) is 31.3 Å². The van der Waals surface area contributed by atoms with E-state index in [1.54, 1.807) is 29.4 Å². The van der Waals surface area contributed by atoms with Crippen molar-refractivity contribution in [3.8, 4) is 23.0 Å². The van der Waals surface area contributed by atoms with Crippen LogP contribution < -0.4 is 14.2 Å². The Morgan fingerprint density at radius 3 is 2.50 bits per heavy atom. The van der Waals surface area contributed by atoms with Gasteiger partial charge in [0.25, 0.3) is 10.0 Å². The molecule has 2 aromatic carbocycles. The van der Waals surface area contributed by atoms with Gasteiger partial charge in [-0.2, -0.15) is 13.5 Å². The number of rotatable bonds is 8. The molecule has 1 saturated heterocycles. The Bertz CT molecular complexity index is 1250. The second-order valence-electron chi connectivity index (χ2n) is 7.85. The Balaban J connectivity index is 0.00000361. The van der Waals surface area contributed by atoms with Gasteiger partial charge in [-0.3, -0.25) is 4.90 Å². The molecule has 1 N–H and O–H groups in total. The zero-order chi connectivity index (χ0) is 25.0. The molecule has 4 rings (SSSR count). The molecular weight excluding hydrogens is 512 g/mol. The molecule has 0 unspecified atom stereocenters. The quantitative estimate of drug-likeness (QED) is 0.395.